The molecular weight excluding hydrogens is 242 g/mol. The number of nitro benzene ring substituents is 1. The predicted molar refractivity (Wildman–Crippen MR) is 72.6 cm³/mol. The fourth-order valence-corrected chi connectivity index (χ4v) is 1.95. The Hall–Kier alpha value is -2.35. The number of nitriles is 1. The van der Waals surface area contributed by atoms with Crippen molar-refractivity contribution in [1.82, 2.24) is 4.57 Å². The van der Waals surface area contributed by atoms with Crippen molar-refractivity contribution in [3.8, 4) is 6.07 Å². The van der Waals surface area contributed by atoms with Crippen LogP contribution in [0, 0.1) is 26.9 Å². The van der Waals surface area contributed by atoms with Crippen molar-refractivity contribution in [3.05, 3.63) is 40.6 Å². The smallest absolute Gasteiger partial charge is 0.270 e. The minimum atomic E-state index is -0.393. The van der Waals surface area contributed by atoms with E-state index in [1.807, 2.05) is 30.7 Å². The van der Waals surface area contributed by atoms with Crippen molar-refractivity contribution >= 4 is 16.6 Å². The van der Waals surface area contributed by atoms with Crippen molar-refractivity contribution in [2.24, 2.45) is 5.41 Å². The summed E-state index contributed by atoms with van der Waals surface area (Å²) in [6, 6.07) is 8.97. The molecule has 1 heterocycles. The van der Waals surface area contributed by atoms with Crippen molar-refractivity contribution in [2.75, 3.05) is 0 Å². The summed E-state index contributed by atoms with van der Waals surface area (Å²) in [5.41, 5.74) is 0.694. The van der Waals surface area contributed by atoms with E-state index in [9.17, 15) is 10.1 Å². The minimum Gasteiger partial charge on any atom is -0.347 e. The average Bonchev–Trinajstić information content (AvgIpc) is 2.78. The van der Waals surface area contributed by atoms with Crippen molar-refractivity contribution < 1.29 is 4.92 Å². The number of fused-ring (bicyclic) bond motifs is 1. The first-order chi connectivity index (χ1) is 8.93. The van der Waals surface area contributed by atoms with Gasteiger partial charge in [0.25, 0.3) is 5.69 Å². The highest BCUT2D eigenvalue weighted by molar-refractivity contribution is 5.82. The van der Waals surface area contributed by atoms with Crippen LogP contribution in [0.5, 0.6) is 0 Å². The Morgan fingerprint density at radius 1 is 1.42 bits per heavy atom. The van der Waals surface area contributed by atoms with Crippen LogP contribution in [0.15, 0.2) is 30.5 Å². The Kier molecular flexibility index (Phi) is 3.26. The molecule has 5 nitrogen and oxygen atoms in total. The lowest BCUT2D eigenvalue weighted by atomic mass is 9.91. The molecule has 0 spiro atoms. The van der Waals surface area contributed by atoms with Crippen LogP contribution in [0.1, 0.15) is 20.3 Å². The maximum atomic E-state index is 10.7. The van der Waals surface area contributed by atoms with Crippen LogP contribution in [0.2, 0.25) is 0 Å². The highest BCUT2D eigenvalue weighted by Gasteiger charge is 2.17. The molecule has 0 radical (unpaired) electrons. The normalized spacial score (nSPS) is 11.4. The lowest BCUT2D eigenvalue weighted by Crippen LogP contribution is -2.11. The quantitative estimate of drug-likeness (QED) is 0.621. The molecule has 0 amide bonds. The van der Waals surface area contributed by atoms with E-state index < -0.39 is 4.92 Å². The molecule has 2 rings (SSSR count). The van der Waals surface area contributed by atoms with Crippen LogP contribution in [0.25, 0.3) is 10.9 Å². The first-order valence-electron chi connectivity index (χ1n) is 6.07. The Bertz CT molecular complexity index is 665. The van der Waals surface area contributed by atoms with E-state index in [1.54, 1.807) is 12.1 Å². The van der Waals surface area contributed by atoms with Crippen molar-refractivity contribution in [2.45, 2.75) is 26.8 Å². The van der Waals surface area contributed by atoms with Crippen LogP contribution in [-0.2, 0) is 6.54 Å². The third-order valence-electron chi connectivity index (χ3n) is 3.25. The molecule has 5 heteroatoms. The summed E-state index contributed by atoms with van der Waals surface area (Å²) in [5.74, 6) is 0. The first kappa shape index (κ1) is 13.1. The number of nitro groups is 1. The van der Waals surface area contributed by atoms with Crippen molar-refractivity contribution in [3.63, 3.8) is 0 Å². The Morgan fingerprint density at radius 2 is 2.16 bits per heavy atom. The molecule has 0 saturated carbocycles. The van der Waals surface area contributed by atoms with Gasteiger partial charge in [0.05, 0.1) is 16.4 Å². The fourth-order valence-electron chi connectivity index (χ4n) is 1.95. The molecule has 0 saturated heterocycles. The third-order valence-corrected chi connectivity index (χ3v) is 3.25. The van der Waals surface area contributed by atoms with Crippen LogP contribution < -0.4 is 0 Å². The van der Waals surface area contributed by atoms with Gasteiger partial charge in [0.15, 0.2) is 0 Å². The van der Waals surface area contributed by atoms with Crippen LogP contribution in [0.3, 0.4) is 0 Å². The van der Waals surface area contributed by atoms with Gasteiger partial charge in [-0.25, -0.2) is 0 Å². The second-order valence-electron chi connectivity index (χ2n) is 5.26. The predicted octanol–water partition coefficient (Wildman–Crippen LogP) is 3.49. The molecule has 0 atom stereocenters. The lowest BCUT2D eigenvalue weighted by Gasteiger charge is -2.15. The van der Waals surface area contributed by atoms with Crippen LogP contribution >= 0.6 is 0 Å². The number of hydrogen-bond donors (Lipinski definition) is 0. The average molecular weight is 257 g/mol. The molecule has 19 heavy (non-hydrogen) atoms. The number of non-ortho nitro benzene ring substituents is 1. The summed E-state index contributed by atoms with van der Waals surface area (Å²) < 4.78 is 2.03. The van der Waals surface area contributed by atoms with Gasteiger partial charge in [0, 0.05) is 35.8 Å². The molecule has 0 aliphatic carbocycles. The molecule has 0 bridgehead atoms. The third kappa shape index (κ3) is 2.74. The largest absolute Gasteiger partial charge is 0.347 e. The van der Waals surface area contributed by atoms with Crippen LogP contribution in [0.4, 0.5) is 5.69 Å². The second kappa shape index (κ2) is 4.73. The van der Waals surface area contributed by atoms with Gasteiger partial charge in [-0.3, -0.25) is 10.1 Å². The number of aromatic nitrogens is 1. The minimum absolute atomic E-state index is 0.0996. The van der Waals surface area contributed by atoms with Gasteiger partial charge in [0.1, 0.15) is 0 Å². The first-order valence-corrected chi connectivity index (χ1v) is 6.07. The Morgan fingerprint density at radius 3 is 2.79 bits per heavy atom. The summed E-state index contributed by atoms with van der Waals surface area (Å²) in [4.78, 5) is 10.3. The summed E-state index contributed by atoms with van der Waals surface area (Å²) in [6.07, 6.45) is 2.64. The van der Waals surface area contributed by atoms with Crippen molar-refractivity contribution in [1.29, 1.82) is 5.26 Å². The van der Waals surface area contributed by atoms with Gasteiger partial charge < -0.3 is 4.57 Å². The Balaban J connectivity index is 2.27. The monoisotopic (exact) mass is 257 g/mol. The number of hydrogen-bond acceptors (Lipinski definition) is 3. The highest BCUT2D eigenvalue weighted by Crippen LogP contribution is 2.25. The topological polar surface area (TPSA) is 71.9 Å². The molecule has 1 aromatic heterocycles. The van der Waals surface area contributed by atoms with E-state index in [0.29, 0.717) is 0 Å². The summed E-state index contributed by atoms with van der Waals surface area (Å²) in [7, 11) is 0. The fraction of sp³-hybridized carbons (Fsp3) is 0.357. The molecule has 2 aromatic rings. The van der Waals surface area contributed by atoms with E-state index in [0.717, 1.165) is 23.9 Å². The zero-order valence-corrected chi connectivity index (χ0v) is 11.0. The number of rotatable bonds is 4. The van der Waals surface area contributed by atoms with E-state index in [4.69, 9.17) is 5.26 Å². The van der Waals surface area contributed by atoms with Gasteiger partial charge in [-0.05, 0) is 32.4 Å². The van der Waals surface area contributed by atoms with E-state index in [2.05, 4.69) is 6.07 Å². The zero-order valence-electron chi connectivity index (χ0n) is 11.0. The molecule has 0 aliphatic rings. The van der Waals surface area contributed by atoms with E-state index >= 15 is 0 Å². The van der Waals surface area contributed by atoms with Gasteiger partial charge in [0.2, 0.25) is 0 Å². The standard InChI is InChI=1S/C14H15N3O2/c1-14(2,10-15)6-8-16-7-5-11-9-12(17(18)19)3-4-13(11)16/h3-5,7,9H,6,8H2,1-2H3. The number of nitrogens with zero attached hydrogens (tertiary/aromatic N) is 3. The lowest BCUT2D eigenvalue weighted by molar-refractivity contribution is -0.384. The zero-order chi connectivity index (χ0) is 14.0. The van der Waals surface area contributed by atoms with Gasteiger partial charge in [-0.1, -0.05) is 0 Å². The molecule has 0 fully saturated rings. The summed E-state index contributed by atoms with van der Waals surface area (Å²) >= 11 is 0. The SMILES string of the molecule is CC(C)(C#N)CCn1ccc2cc([N+](=O)[O-])ccc21. The molecule has 0 unspecified atom stereocenters. The van der Waals surface area contributed by atoms with E-state index in [-0.39, 0.29) is 11.1 Å². The van der Waals surface area contributed by atoms with Gasteiger partial charge in [-0.15, -0.1) is 0 Å². The molecular formula is C14H15N3O2. The maximum Gasteiger partial charge on any atom is 0.270 e. The Labute approximate surface area is 111 Å². The number of aryl methyl sites for hydroxylation is 1. The summed E-state index contributed by atoms with van der Waals surface area (Å²) in [6.45, 7) is 4.54. The summed E-state index contributed by atoms with van der Waals surface area (Å²) in [5, 5.41) is 20.6. The second-order valence-corrected chi connectivity index (χ2v) is 5.26. The number of benzene rings is 1. The van der Waals surface area contributed by atoms with Gasteiger partial charge >= 0.3 is 0 Å². The molecule has 1 aromatic carbocycles. The maximum absolute atomic E-state index is 10.7. The van der Waals surface area contributed by atoms with E-state index in [1.165, 1.54) is 6.07 Å². The molecule has 0 aliphatic heterocycles. The molecule has 0 N–H and O–H groups in total. The molecule has 98 valence electrons. The highest BCUT2D eigenvalue weighted by atomic mass is 16.6. The van der Waals surface area contributed by atoms with Gasteiger partial charge in [-0.2, -0.15) is 5.26 Å². The van der Waals surface area contributed by atoms with Crippen LogP contribution in [-0.4, -0.2) is 9.49 Å².